The number of hydrogen-bond donors (Lipinski definition) is 0. The summed E-state index contributed by atoms with van der Waals surface area (Å²) >= 11 is 0. The van der Waals surface area contributed by atoms with Gasteiger partial charge in [0.15, 0.2) is 0 Å². The van der Waals surface area contributed by atoms with Gasteiger partial charge < -0.3 is 0 Å². The van der Waals surface area contributed by atoms with Gasteiger partial charge in [-0.05, 0) is 47.9 Å². The Morgan fingerprint density at radius 2 is 1.71 bits per heavy atom. The molecule has 1 fully saturated rings. The largest absolute Gasteiger partial charge is 0.255 e. The predicted molar refractivity (Wildman–Crippen MR) is 98.2 cm³/mol. The fourth-order valence-electron chi connectivity index (χ4n) is 3.27. The lowest BCUT2D eigenvalue weighted by atomic mass is 9.90. The van der Waals surface area contributed by atoms with Crippen LogP contribution in [0.2, 0.25) is 0 Å². The van der Waals surface area contributed by atoms with E-state index >= 15 is 0 Å². The van der Waals surface area contributed by atoms with Gasteiger partial charge in [-0.3, -0.25) is 4.21 Å². The van der Waals surface area contributed by atoms with Gasteiger partial charge in [0.25, 0.3) is 0 Å². The third-order valence-corrected chi connectivity index (χ3v) is 5.76. The molecule has 0 spiro atoms. The number of rotatable bonds is 7. The molecule has 2 aromatic carbocycles. The van der Waals surface area contributed by atoms with Gasteiger partial charge in [0.05, 0.1) is 22.8 Å². The monoisotopic (exact) mass is 337 g/mol. The van der Waals surface area contributed by atoms with Crippen molar-refractivity contribution in [3.8, 4) is 6.07 Å². The van der Waals surface area contributed by atoms with Crippen molar-refractivity contribution in [1.82, 2.24) is 0 Å². The highest BCUT2D eigenvalue weighted by Gasteiger charge is 2.25. The van der Waals surface area contributed by atoms with Crippen LogP contribution in [0, 0.1) is 23.2 Å². The summed E-state index contributed by atoms with van der Waals surface area (Å²) < 4.78 is 12.0. The highest BCUT2D eigenvalue weighted by Crippen LogP contribution is 2.36. The molecule has 0 aromatic heterocycles. The van der Waals surface area contributed by atoms with Crippen molar-refractivity contribution in [3.05, 3.63) is 65.2 Å². The molecule has 2 nitrogen and oxygen atoms in total. The Morgan fingerprint density at radius 3 is 2.33 bits per heavy atom. The maximum Gasteiger partial charge on any atom is 0.0659 e. The smallest absolute Gasteiger partial charge is 0.0659 e. The molecule has 0 heterocycles. The molecule has 0 N–H and O–H groups in total. The van der Waals surface area contributed by atoms with Gasteiger partial charge in [-0.15, -0.1) is 0 Å². The van der Waals surface area contributed by atoms with Crippen molar-refractivity contribution in [1.29, 1.82) is 5.26 Å². The molecule has 2 unspecified atom stereocenters. The topological polar surface area (TPSA) is 40.9 Å². The Kier molecular flexibility index (Phi) is 5.48. The SMILES string of the molecule is CS(=O)c1ccccc1Cc1ccccc1CC(C#N)CC1CC1. The third kappa shape index (κ3) is 4.33. The molecule has 3 rings (SSSR count). The van der Waals surface area contributed by atoms with Crippen molar-refractivity contribution >= 4 is 10.8 Å². The van der Waals surface area contributed by atoms with Gasteiger partial charge in [0, 0.05) is 11.2 Å². The quantitative estimate of drug-likeness (QED) is 0.746. The zero-order valence-electron chi connectivity index (χ0n) is 14.1. The molecule has 0 aliphatic heterocycles. The fourth-order valence-corrected chi connectivity index (χ4v) is 4.05. The van der Waals surface area contributed by atoms with Gasteiger partial charge in [0.1, 0.15) is 0 Å². The average molecular weight is 337 g/mol. The van der Waals surface area contributed by atoms with Gasteiger partial charge >= 0.3 is 0 Å². The standard InChI is InChI=1S/C21H23NOS/c1-24(23)21-9-5-4-8-20(21)14-19-7-3-2-6-18(19)13-17(15-22)12-16-10-11-16/h2-9,16-17H,10-14H2,1H3. The molecule has 1 aliphatic rings. The Morgan fingerprint density at radius 1 is 1.08 bits per heavy atom. The molecule has 2 aromatic rings. The first-order valence-electron chi connectivity index (χ1n) is 8.55. The second kappa shape index (κ2) is 7.77. The second-order valence-electron chi connectivity index (χ2n) is 6.72. The molecular formula is C21H23NOS. The van der Waals surface area contributed by atoms with Crippen LogP contribution in [0.5, 0.6) is 0 Å². The molecule has 3 heteroatoms. The second-order valence-corrected chi connectivity index (χ2v) is 8.06. The molecule has 0 bridgehead atoms. The molecule has 0 amide bonds. The summed E-state index contributed by atoms with van der Waals surface area (Å²) in [5.41, 5.74) is 3.61. The van der Waals surface area contributed by atoms with E-state index in [-0.39, 0.29) is 5.92 Å². The lowest BCUT2D eigenvalue weighted by Gasteiger charge is -2.14. The molecule has 1 aliphatic carbocycles. The van der Waals surface area contributed by atoms with E-state index in [9.17, 15) is 9.47 Å². The average Bonchev–Trinajstić information content (AvgIpc) is 3.40. The minimum atomic E-state index is -0.985. The van der Waals surface area contributed by atoms with Gasteiger partial charge in [0.2, 0.25) is 0 Å². The van der Waals surface area contributed by atoms with Crippen molar-refractivity contribution in [2.24, 2.45) is 11.8 Å². The van der Waals surface area contributed by atoms with E-state index in [0.29, 0.717) is 0 Å². The summed E-state index contributed by atoms with van der Waals surface area (Å²) in [4.78, 5) is 0.905. The minimum absolute atomic E-state index is 0.106. The lowest BCUT2D eigenvalue weighted by molar-refractivity contribution is 0.553. The fraction of sp³-hybridized carbons (Fsp3) is 0.381. The van der Waals surface area contributed by atoms with Crippen LogP contribution in [-0.2, 0) is 23.6 Å². The van der Waals surface area contributed by atoms with Crippen molar-refractivity contribution in [2.45, 2.75) is 37.0 Å². The summed E-state index contributed by atoms with van der Waals surface area (Å²) in [7, 11) is -0.985. The zero-order valence-corrected chi connectivity index (χ0v) is 14.9. The summed E-state index contributed by atoms with van der Waals surface area (Å²) in [6, 6.07) is 18.8. The molecule has 0 saturated heterocycles. The van der Waals surface area contributed by atoms with Crippen LogP contribution in [-0.4, -0.2) is 10.5 Å². The Labute approximate surface area is 147 Å². The summed E-state index contributed by atoms with van der Waals surface area (Å²) in [6.45, 7) is 0. The van der Waals surface area contributed by atoms with Crippen LogP contribution in [0.1, 0.15) is 36.0 Å². The Balaban J connectivity index is 1.81. The number of benzene rings is 2. The van der Waals surface area contributed by atoms with Gasteiger partial charge in [-0.1, -0.05) is 55.3 Å². The van der Waals surface area contributed by atoms with E-state index in [1.807, 2.05) is 30.3 Å². The van der Waals surface area contributed by atoms with Crippen LogP contribution >= 0.6 is 0 Å². The van der Waals surface area contributed by atoms with E-state index < -0.39 is 10.8 Å². The van der Waals surface area contributed by atoms with E-state index in [0.717, 1.165) is 35.6 Å². The van der Waals surface area contributed by atoms with Crippen LogP contribution in [0.3, 0.4) is 0 Å². The number of hydrogen-bond acceptors (Lipinski definition) is 2. The molecule has 2 atom stereocenters. The first-order chi connectivity index (χ1) is 11.7. The van der Waals surface area contributed by atoms with E-state index in [4.69, 9.17) is 0 Å². The van der Waals surface area contributed by atoms with E-state index in [1.165, 1.54) is 24.0 Å². The number of nitriles is 1. The van der Waals surface area contributed by atoms with Crippen LogP contribution < -0.4 is 0 Å². The predicted octanol–water partition coefficient (Wildman–Crippen LogP) is 4.50. The summed E-state index contributed by atoms with van der Waals surface area (Å²) in [5.74, 6) is 0.874. The molecular weight excluding hydrogens is 314 g/mol. The molecule has 24 heavy (non-hydrogen) atoms. The van der Waals surface area contributed by atoms with Crippen LogP contribution in [0.25, 0.3) is 0 Å². The van der Waals surface area contributed by atoms with Crippen molar-refractivity contribution in [2.75, 3.05) is 6.26 Å². The highest BCUT2D eigenvalue weighted by atomic mass is 32.2. The van der Waals surface area contributed by atoms with E-state index in [1.54, 1.807) is 6.26 Å². The Hall–Kier alpha value is -1.92. The van der Waals surface area contributed by atoms with Crippen molar-refractivity contribution in [3.63, 3.8) is 0 Å². The van der Waals surface area contributed by atoms with Crippen LogP contribution in [0.15, 0.2) is 53.4 Å². The molecule has 124 valence electrons. The van der Waals surface area contributed by atoms with Gasteiger partial charge in [-0.2, -0.15) is 5.26 Å². The maximum atomic E-state index is 12.0. The highest BCUT2D eigenvalue weighted by molar-refractivity contribution is 7.84. The summed E-state index contributed by atoms with van der Waals surface area (Å²) in [5, 5.41) is 9.47. The minimum Gasteiger partial charge on any atom is -0.255 e. The Bertz CT molecular complexity index is 773. The zero-order chi connectivity index (χ0) is 16.9. The summed E-state index contributed by atoms with van der Waals surface area (Å²) in [6.07, 6.45) is 6.92. The first kappa shape index (κ1) is 16.9. The molecule has 0 radical (unpaired) electrons. The molecule has 1 saturated carbocycles. The lowest BCUT2D eigenvalue weighted by Crippen LogP contribution is -2.06. The van der Waals surface area contributed by atoms with E-state index in [2.05, 4.69) is 24.3 Å². The van der Waals surface area contributed by atoms with Gasteiger partial charge in [-0.25, -0.2) is 0 Å². The normalized spacial score (nSPS) is 16.3. The van der Waals surface area contributed by atoms with Crippen LogP contribution in [0.4, 0.5) is 0 Å². The number of nitrogens with zero attached hydrogens (tertiary/aromatic N) is 1. The first-order valence-corrected chi connectivity index (χ1v) is 10.1. The third-order valence-electron chi connectivity index (χ3n) is 4.75. The maximum absolute atomic E-state index is 12.0. The van der Waals surface area contributed by atoms with Crippen molar-refractivity contribution < 1.29 is 4.21 Å².